The lowest BCUT2D eigenvalue weighted by Gasteiger charge is -2.08. The molecule has 1 aromatic carbocycles. The number of anilines is 1. The van der Waals surface area contributed by atoms with Crippen LogP contribution in [0.4, 0.5) is 5.69 Å². The van der Waals surface area contributed by atoms with Crippen LogP contribution in [0.25, 0.3) is 10.9 Å². The highest BCUT2D eigenvalue weighted by Crippen LogP contribution is 2.24. The molecule has 21 heavy (non-hydrogen) atoms. The summed E-state index contributed by atoms with van der Waals surface area (Å²) >= 11 is 7.19. The van der Waals surface area contributed by atoms with Crippen molar-refractivity contribution in [3.63, 3.8) is 0 Å². The first kappa shape index (κ1) is 13.8. The van der Waals surface area contributed by atoms with E-state index in [9.17, 15) is 4.79 Å². The predicted molar refractivity (Wildman–Crippen MR) is 83.2 cm³/mol. The van der Waals surface area contributed by atoms with E-state index < -0.39 is 5.97 Å². The lowest BCUT2D eigenvalue weighted by Crippen LogP contribution is -2.03. The second kappa shape index (κ2) is 5.67. The molecule has 0 spiro atoms. The highest BCUT2D eigenvalue weighted by atomic mass is 35.5. The Morgan fingerprint density at radius 1 is 1.33 bits per heavy atom. The molecule has 2 aromatic heterocycles. The number of carboxylic acids is 1. The quantitative estimate of drug-likeness (QED) is 0.767. The van der Waals surface area contributed by atoms with E-state index in [4.69, 9.17) is 16.7 Å². The van der Waals surface area contributed by atoms with E-state index in [-0.39, 0.29) is 5.69 Å². The molecule has 0 aliphatic heterocycles. The van der Waals surface area contributed by atoms with Gasteiger partial charge >= 0.3 is 5.97 Å². The minimum Gasteiger partial charge on any atom is -0.477 e. The van der Waals surface area contributed by atoms with E-state index in [1.165, 1.54) is 17.4 Å². The molecule has 7 heteroatoms. The lowest BCUT2D eigenvalue weighted by atomic mass is 10.1. The molecule has 106 valence electrons. The maximum absolute atomic E-state index is 11.0. The van der Waals surface area contributed by atoms with Gasteiger partial charge in [-0.25, -0.2) is 14.8 Å². The summed E-state index contributed by atoms with van der Waals surface area (Å²) in [4.78, 5) is 20.2. The summed E-state index contributed by atoms with van der Waals surface area (Å²) in [5, 5.41) is 13.2. The van der Waals surface area contributed by atoms with Crippen molar-refractivity contribution in [3.8, 4) is 0 Å². The average molecular weight is 320 g/mol. The van der Waals surface area contributed by atoms with Gasteiger partial charge in [0, 0.05) is 16.5 Å². The average Bonchev–Trinajstić information content (AvgIpc) is 2.90. The largest absolute Gasteiger partial charge is 0.477 e. The van der Waals surface area contributed by atoms with Gasteiger partial charge in [0.05, 0.1) is 17.7 Å². The number of fused-ring (bicyclic) bond motifs is 1. The van der Waals surface area contributed by atoms with E-state index in [0.717, 1.165) is 16.0 Å². The van der Waals surface area contributed by atoms with Gasteiger partial charge in [-0.15, -0.1) is 11.3 Å². The number of benzene rings is 1. The van der Waals surface area contributed by atoms with Crippen LogP contribution >= 0.6 is 22.9 Å². The van der Waals surface area contributed by atoms with Crippen molar-refractivity contribution in [2.75, 3.05) is 5.32 Å². The minimum atomic E-state index is -1.04. The molecule has 3 rings (SSSR count). The Kier molecular flexibility index (Phi) is 3.72. The number of hydrogen-bond acceptors (Lipinski definition) is 5. The molecular formula is C14H10ClN3O2S. The first-order valence-corrected chi connectivity index (χ1v) is 7.30. The van der Waals surface area contributed by atoms with Gasteiger partial charge in [0.15, 0.2) is 4.47 Å². The fourth-order valence-electron chi connectivity index (χ4n) is 1.96. The lowest BCUT2D eigenvalue weighted by molar-refractivity contribution is 0.0691. The molecular weight excluding hydrogens is 310 g/mol. The molecule has 2 heterocycles. The molecule has 0 unspecified atom stereocenters. The molecule has 0 fully saturated rings. The van der Waals surface area contributed by atoms with Crippen LogP contribution in [0.5, 0.6) is 0 Å². The number of aromatic carboxylic acids is 1. The van der Waals surface area contributed by atoms with Gasteiger partial charge in [-0.3, -0.25) is 0 Å². The summed E-state index contributed by atoms with van der Waals surface area (Å²) in [5.74, 6) is -1.04. The van der Waals surface area contributed by atoms with Gasteiger partial charge in [0.2, 0.25) is 0 Å². The Hall–Kier alpha value is -2.18. The van der Waals surface area contributed by atoms with Crippen LogP contribution < -0.4 is 5.32 Å². The van der Waals surface area contributed by atoms with Crippen LogP contribution in [0.3, 0.4) is 0 Å². The zero-order valence-corrected chi connectivity index (χ0v) is 12.3. The topological polar surface area (TPSA) is 75.1 Å². The fourth-order valence-corrected chi connectivity index (χ4v) is 2.87. The van der Waals surface area contributed by atoms with Crippen molar-refractivity contribution in [1.82, 2.24) is 9.97 Å². The summed E-state index contributed by atoms with van der Waals surface area (Å²) in [6.07, 6.45) is 1.71. The van der Waals surface area contributed by atoms with Crippen molar-refractivity contribution in [1.29, 1.82) is 0 Å². The third-order valence-corrected chi connectivity index (χ3v) is 4.03. The van der Waals surface area contributed by atoms with E-state index in [0.29, 0.717) is 16.5 Å². The SMILES string of the molecule is O=C(O)c1ccc2cccc(NCc3cnc(Cl)s3)c2n1. The van der Waals surface area contributed by atoms with Crippen molar-refractivity contribution >= 4 is 45.5 Å². The first-order valence-electron chi connectivity index (χ1n) is 6.10. The number of carbonyl (C=O) groups is 1. The molecule has 0 aliphatic carbocycles. The first-order chi connectivity index (χ1) is 10.1. The third kappa shape index (κ3) is 2.96. The monoisotopic (exact) mass is 319 g/mol. The Morgan fingerprint density at radius 3 is 2.90 bits per heavy atom. The number of rotatable bonds is 4. The molecule has 0 amide bonds. The van der Waals surface area contributed by atoms with Crippen molar-refractivity contribution < 1.29 is 9.90 Å². The molecule has 0 aliphatic rings. The summed E-state index contributed by atoms with van der Waals surface area (Å²) in [6.45, 7) is 0.558. The molecule has 3 aromatic rings. The molecule has 2 N–H and O–H groups in total. The highest BCUT2D eigenvalue weighted by Gasteiger charge is 2.08. The Morgan fingerprint density at radius 2 is 2.19 bits per heavy atom. The summed E-state index contributed by atoms with van der Waals surface area (Å²) in [7, 11) is 0. The molecule has 5 nitrogen and oxygen atoms in total. The van der Waals surface area contributed by atoms with Gasteiger partial charge in [-0.05, 0) is 12.1 Å². The van der Waals surface area contributed by atoms with Gasteiger partial charge in [0.1, 0.15) is 5.69 Å². The highest BCUT2D eigenvalue weighted by molar-refractivity contribution is 7.15. The fraction of sp³-hybridized carbons (Fsp3) is 0.0714. The Balaban J connectivity index is 1.93. The van der Waals surface area contributed by atoms with Crippen molar-refractivity contribution in [3.05, 3.63) is 51.6 Å². The normalized spacial score (nSPS) is 10.7. The number of thiazole rings is 1. The zero-order chi connectivity index (χ0) is 14.8. The van der Waals surface area contributed by atoms with Crippen LogP contribution in [0, 0.1) is 0 Å². The van der Waals surface area contributed by atoms with Crippen LogP contribution in [-0.2, 0) is 6.54 Å². The van der Waals surface area contributed by atoms with Gasteiger partial charge in [0.25, 0.3) is 0 Å². The van der Waals surface area contributed by atoms with Gasteiger partial charge < -0.3 is 10.4 Å². The number of carboxylic acid groups (broad SMARTS) is 1. The molecule has 0 saturated carbocycles. The Labute approximate surface area is 129 Å². The smallest absolute Gasteiger partial charge is 0.354 e. The number of hydrogen-bond donors (Lipinski definition) is 2. The molecule has 0 bridgehead atoms. The van der Waals surface area contributed by atoms with E-state index >= 15 is 0 Å². The van der Waals surface area contributed by atoms with Gasteiger partial charge in [-0.1, -0.05) is 29.8 Å². The van der Waals surface area contributed by atoms with Crippen LogP contribution in [0.1, 0.15) is 15.4 Å². The van der Waals surface area contributed by atoms with Gasteiger partial charge in [-0.2, -0.15) is 0 Å². The van der Waals surface area contributed by atoms with E-state index in [1.54, 1.807) is 12.3 Å². The van der Waals surface area contributed by atoms with E-state index in [2.05, 4.69) is 15.3 Å². The second-order valence-corrected chi connectivity index (χ2v) is 6.01. The molecule has 0 radical (unpaired) electrons. The van der Waals surface area contributed by atoms with Crippen molar-refractivity contribution in [2.24, 2.45) is 0 Å². The van der Waals surface area contributed by atoms with Crippen LogP contribution in [-0.4, -0.2) is 21.0 Å². The molecule has 0 atom stereocenters. The zero-order valence-electron chi connectivity index (χ0n) is 10.7. The number of halogens is 1. The number of aromatic nitrogens is 2. The number of nitrogens with zero attached hydrogens (tertiary/aromatic N) is 2. The van der Waals surface area contributed by atoms with Crippen molar-refractivity contribution in [2.45, 2.75) is 6.54 Å². The number of para-hydroxylation sites is 1. The minimum absolute atomic E-state index is 0.0255. The second-order valence-electron chi connectivity index (χ2n) is 4.31. The Bertz CT molecular complexity index is 819. The van der Waals surface area contributed by atoms with Crippen LogP contribution in [0.15, 0.2) is 36.5 Å². The summed E-state index contributed by atoms with van der Waals surface area (Å²) in [5.41, 5.74) is 1.44. The van der Waals surface area contributed by atoms with E-state index in [1.807, 2.05) is 18.2 Å². The summed E-state index contributed by atoms with van der Waals surface area (Å²) < 4.78 is 0.496. The number of pyridine rings is 1. The predicted octanol–water partition coefficient (Wildman–Crippen LogP) is 3.66. The third-order valence-electron chi connectivity index (χ3n) is 2.92. The number of nitrogens with one attached hydrogen (secondary N) is 1. The van der Waals surface area contributed by atoms with Crippen LogP contribution in [0.2, 0.25) is 4.47 Å². The standard InChI is InChI=1S/C14H10ClN3O2S/c15-14-17-7-9(21-14)6-16-10-3-1-2-8-4-5-11(13(19)20)18-12(8)10/h1-5,7,16H,6H2,(H,19,20). The maximum atomic E-state index is 11.0. The summed E-state index contributed by atoms with van der Waals surface area (Å²) in [6, 6.07) is 8.90. The molecule has 0 saturated heterocycles. The maximum Gasteiger partial charge on any atom is 0.354 e.